The van der Waals surface area contributed by atoms with Crippen LogP contribution in [0.15, 0.2) is 193 Å². The highest BCUT2D eigenvalue weighted by molar-refractivity contribution is 7.36. The summed E-state index contributed by atoms with van der Waals surface area (Å²) in [5.74, 6) is 2.18. The summed E-state index contributed by atoms with van der Waals surface area (Å²) in [4.78, 5) is 0. The lowest BCUT2D eigenvalue weighted by atomic mass is 10.0. The molecular weight excluding hydrogens is 1040 g/mol. The number of rotatable bonds is 12. The Labute approximate surface area is 481 Å². The quantitative estimate of drug-likeness (QED) is 0.116. The summed E-state index contributed by atoms with van der Waals surface area (Å²) in [7, 11) is 0. The van der Waals surface area contributed by atoms with E-state index >= 15 is 0 Å². The van der Waals surface area contributed by atoms with Gasteiger partial charge in [0.05, 0.1) is 9.40 Å². The molecule has 7 aromatic heterocycles. The molecule has 398 valence electrons. The number of para-hydroxylation sites is 4. The van der Waals surface area contributed by atoms with Crippen LogP contribution in [0.4, 0.5) is 0 Å². The van der Waals surface area contributed by atoms with Gasteiger partial charge in [-0.25, -0.2) is 0 Å². The Kier molecular flexibility index (Phi) is 15.8. The fourth-order valence-corrected chi connectivity index (χ4v) is 16.5. The third-order valence-corrected chi connectivity index (χ3v) is 21.3. The molecule has 7 heterocycles. The summed E-state index contributed by atoms with van der Waals surface area (Å²) in [6.07, 6.45) is 7.39. The third kappa shape index (κ3) is 10.2. The van der Waals surface area contributed by atoms with Crippen molar-refractivity contribution in [1.29, 1.82) is 0 Å². The van der Waals surface area contributed by atoms with Crippen LogP contribution in [-0.2, 0) is 19.6 Å². The average Bonchev–Trinajstić information content (AvgIpc) is 4.55. The SMILES string of the molecule is CCC(CC)Cn1c2ccccc2c2cc3c(cc21)c1ccccc1n3CC(CC)CC.CCC(CC)Cn1c2ccccc2c2ccccc21.c1cc2cc3sccc3cc2s1.c1ccc2c(c1)sc1c3ccccc3sc21. The van der Waals surface area contributed by atoms with Gasteiger partial charge in [0.25, 0.3) is 0 Å². The Balaban J connectivity index is 0.000000113. The van der Waals surface area contributed by atoms with E-state index in [0.29, 0.717) is 11.8 Å². The molecule has 0 saturated carbocycles. The van der Waals surface area contributed by atoms with E-state index in [1.807, 2.05) is 45.3 Å². The Morgan fingerprint density at radius 1 is 0.291 bits per heavy atom. The molecule has 3 nitrogen and oxygen atoms in total. The van der Waals surface area contributed by atoms with Crippen LogP contribution >= 0.6 is 45.3 Å². The second kappa shape index (κ2) is 23.5. The van der Waals surface area contributed by atoms with E-state index < -0.39 is 0 Å². The highest BCUT2D eigenvalue weighted by atomic mass is 32.1. The minimum Gasteiger partial charge on any atom is -0.340 e. The minimum atomic E-state index is 0.709. The lowest BCUT2D eigenvalue weighted by Gasteiger charge is -2.16. The highest BCUT2D eigenvalue weighted by Crippen LogP contribution is 2.44. The van der Waals surface area contributed by atoms with E-state index in [1.165, 1.54) is 154 Å². The molecule has 8 aromatic carbocycles. The fourth-order valence-electron chi connectivity index (χ4n) is 12.2. The van der Waals surface area contributed by atoms with Crippen molar-refractivity contribution in [1.82, 2.24) is 13.7 Å². The van der Waals surface area contributed by atoms with Gasteiger partial charge in [0.2, 0.25) is 0 Å². The molecule has 15 aromatic rings. The van der Waals surface area contributed by atoms with Gasteiger partial charge in [-0.2, -0.15) is 0 Å². The first-order chi connectivity index (χ1) is 38.9. The molecule has 0 spiro atoms. The van der Waals surface area contributed by atoms with Gasteiger partial charge >= 0.3 is 0 Å². The molecule has 0 atom stereocenters. The minimum absolute atomic E-state index is 0.709. The maximum Gasteiger partial charge on any atom is 0.0542 e. The third-order valence-electron chi connectivity index (χ3n) is 17.1. The van der Waals surface area contributed by atoms with Crippen molar-refractivity contribution in [2.45, 2.75) is 99.7 Å². The zero-order valence-corrected chi connectivity index (χ0v) is 49.8. The second-order valence-electron chi connectivity index (χ2n) is 21.5. The predicted molar refractivity (Wildman–Crippen MR) is 356 cm³/mol. The van der Waals surface area contributed by atoms with Crippen molar-refractivity contribution in [3.63, 3.8) is 0 Å². The van der Waals surface area contributed by atoms with E-state index in [4.69, 9.17) is 0 Å². The van der Waals surface area contributed by atoms with Crippen molar-refractivity contribution in [3.8, 4) is 0 Å². The maximum atomic E-state index is 2.59. The Hall–Kier alpha value is -6.74. The van der Waals surface area contributed by atoms with Gasteiger partial charge in [0.15, 0.2) is 0 Å². The topological polar surface area (TPSA) is 14.8 Å². The van der Waals surface area contributed by atoms with Crippen LogP contribution in [0.5, 0.6) is 0 Å². The van der Waals surface area contributed by atoms with E-state index in [1.54, 1.807) is 0 Å². The largest absolute Gasteiger partial charge is 0.340 e. The van der Waals surface area contributed by atoms with Gasteiger partial charge in [-0.15, -0.1) is 45.3 Å². The number of thiophene rings is 4. The summed E-state index contributed by atoms with van der Waals surface area (Å²) in [6, 6.07) is 66.7. The maximum absolute atomic E-state index is 2.59. The van der Waals surface area contributed by atoms with Gasteiger partial charge < -0.3 is 13.7 Å². The Morgan fingerprint density at radius 2 is 0.582 bits per heavy atom. The summed E-state index contributed by atoms with van der Waals surface area (Å²) in [5, 5.41) is 18.2. The van der Waals surface area contributed by atoms with E-state index in [-0.39, 0.29) is 0 Å². The number of nitrogens with zero attached hydrogens (tertiary/aromatic N) is 3. The molecule has 7 heteroatoms. The van der Waals surface area contributed by atoms with Gasteiger partial charge in [0, 0.05) is 115 Å². The number of benzene rings is 8. The summed E-state index contributed by atoms with van der Waals surface area (Å²) < 4.78 is 16.2. The molecule has 0 radical (unpaired) electrons. The van der Waals surface area contributed by atoms with Crippen LogP contribution in [0.25, 0.3) is 115 Å². The molecule has 0 saturated heterocycles. The summed E-state index contributed by atoms with van der Waals surface area (Å²) in [5.41, 5.74) is 8.26. The molecule has 0 aliphatic rings. The monoisotopic (exact) mass is 1110 g/mol. The van der Waals surface area contributed by atoms with Crippen molar-refractivity contribution >= 4 is 161 Å². The van der Waals surface area contributed by atoms with Crippen molar-refractivity contribution in [3.05, 3.63) is 193 Å². The molecule has 0 aliphatic carbocycles. The summed E-state index contributed by atoms with van der Waals surface area (Å²) in [6.45, 7) is 17.2. The Morgan fingerprint density at radius 3 is 0.924 bits per heavy atom. The Bertz CT molecular complexity index is 4210. The molecular formula is C72H71N3S4. The van der Waals surface area contributed by atoms with Gasteiger partial charge in [-0.1, -0.05) is 189 Å². The smallest absolute Gasteiger partial charge is 0.0542 e. The van der Waals surface area contributed by atoms with E-state index in [0.717, 1.165) is 25.6 Å². The lowest BCUT2D eigenvalue weighted by Crippen LogP contribution is -2.09. The number of aromatic nitrogens is 3. The van der Waals surface area contributed by atoms with E-state index in [2.05, 4.69) is 248 Å². The molecule has 0 N–H and O–H groups in total. The second-order valence-corrected chi connectivity index (χ2v) is 25.5. The van der Waals surface area contributed by atoms with Crippen LogP contribution in [-0.4, -0.2) is 13.7 Å². The average molecular weight is 1110 g/mol. The van der Waals surface area contributed by atoms with Gasteiger partial charge in [-0.3, -0.25) is 0 Å². The number of hydrogen-bond donors (Lipinski definition) is 0. The first-order valence-corrected chi connectivity index (χ1v) is 32.3. The molecule has 0 bridgehead atoms. The van der Waals surface area contributed by atoms with Crippen LogP contribution < -0.4 is 0 Å². The fraction of sp³-hybridized carbons (Fsp3) is 0.250. The molecule has 0 aliphatic heterocycles. The molecule has 0 unspecified atom stereocenters. The van der Waals surface area contributed by atoms with Crippen molar-refractivity contribution in [2.75, 3.05) is 0 Å². The standard InChI is InChI=1S/C30H36N2.C18H21N.C14H8S2.C10H6S2/c1-5-21(6-2)19-31-27-15-11-9-13-23(27)25-18-30-26(17-29(25)31)24-14-10-12-16-28(24)32(30)20-22(7-3)8-4;1-3-14(4-2)13-19-17-11-7-5-9-15(17)16-10-6-8-12-18(16)19;1-3-7-11-9(5-1)13-14(15-11)10-6-2-4-8-12(10)16-13;1-3-11-9-6-8-2-4-12-10(8)5-7(1)9/h9-18,21-22H,5-8,19-20H2,1-4H3;5-12,14H,3-4,13H2,1-2H3;1-8H;1-6H. The van der Waals surface area contributed by atoms with Crippen LogP contribution in [0.1, 0.15) is 80.1 Å². The van der Waals surface area contributed by atoms with Crippen molar-refractivity contribution < 1.29 is 0 Å². The van der Waals surface area contributed by atoms with Gasteiger partial charge in [0.1, 0.15) is 0 Å². The van der Waals surface area contributed by atoms with Gasteiger partial charge in [-0.05, 0) is 112 Å². The molecule has 0 fully saturated rings. The van der Waals surface area contributed by atoms with E-state index in [9.17, 15) is 0 Å². The zero-order valence-electron chi connectivity index (χ0n) is 46.5. The van der Waals surface area contributed by atoms with Crippen LogP contribution in [0.2, 0.25) is 0 Å². The normalized spacial score (nSPS) is 12.0. The number of fused-ring (bicyclic) bond motifs is 16. The van der Waals surface area contributed by atoms with Crippen LogP contribution in [0, 0.1) is 17.8 Å². The summed E-state index contributed by atoms with van der Waals surface area (Å²) >= 11 is 7.44. The first-order valence-electron chi connectivity index (χ1n) is 28.9. The molecule has 0 amide bonds. The molecule has 79 heavy (non-hydrogen) atoms. The first kappa shape index (κ1) is 52.9. The zero-order chi connectivity index (χ0) is 54.0. The molecule has 15 rings (SSSR count). The highest BCUT2D eigenvalue weighted by Gasteiger charge is 2.20. The number of hydrogen-bond acceptors (Lipinski definition) is 4. The van der Waals surface area contributed by atoms with Crippen LogP contribution in [0.3, 0.4) is 0 Å². The lowest BCUT2D eigenvalue weighted by molar-refractivity contribution is 0.430. The van der Waals surface area contributed by atoms with Crippen molar-refractivity contribution in [2.24, 2.45) is 17.8 Å². The predicted octanol–water partition coefficient (Wildman–Crippen LogP) is 23.4.